The van der Waals surface area contributed by atoms with Crippen LogP contribution in [0.5, 0.6) is 5.75 Å². The maximum atomic E-state index is 11.2. The molecule has 1 rings (SSSR count). The van der Waals surface area contributed by atoms with E-state index in [1.54, 1.807) is 18.2 Å². The van der Waals surface area contributed by atoms with Crippen LogP contribution in [0, 0.1) is 0 Å². The van der Waals surface area contributed by atoms with Crippen LogP contribution >= 0.6 is 0 Å². The first-order valence-corrected chi connectivity index (χ1v) is 5.12. The van der Waals surface area contributed by atoms with Crippen molar-refractivity contribution in [2.24, 2.45) is 5.73 Å². The van der Waals surface area contributed by atoms with E-state index in [2.05, 4.69) is 0 Å². The number of carbonyl (C=O) groups is 2. The normalized spacial score (nSPS) is 11.9. The Balaban J connectivity index is 3.06. The molecule has 3 N–H and O–H groups in total. The van der Waals surface area contributed by atoms with E-state index in [0.29, 0.717) is 16.9 Å². The molecule has 0 aromatic heterocycles. The summed E-state index contributed by atoms with van der Waals surface area (Å²) >= 11 is 0. The molecular weight excluding hydrogens is 222 g/mol. The van der Waals surface area contributed by atoms with Crippen molar-refractivity contribution >= 4 is 11.8 Å². The van der Waals surface area contributed by atoms with Crippen LogP contribution in [-0.2, 0) is 11.2 Å². The Labute approximate surface area is 99.2 Å². The molecule has 17 heavy (non-hydrogen) atoms. The van der Waals surface area contributed by atoms with Crippen LogP contribution < -0.4 is 10.5 Å². The zero-order valence-electron chi connectivity index (χ0n) is 9.77. The molecule has 0 heterocycles. The minimum Gasteiger partial charge on any atom is -0.496 e. The van der Waals surface area contributed by atoms with Crippen LogP contribution in [0.2, 0.25) is 0 Å². The van der Waals surface area contributed by atoms with Crippen LogP contribution in [0.4, 0.5) is 0 Å². The highest BCUT2D eigenvalue weighted by Crippen LogP contribution is 2.21. The number of rotatable bonds is 5. The van der Waals surface area contributed by atoms with Gasteiger partial charge in [-0.25, -0.2) is 0 Å². The summed E-state index contributed by atoms with van der Waals surface area (Å²) in [6.45, 7) is 1.45. The number of Topliss-reactive ketones (excluding diaryl/α,β-unsaturated/α-hetero) is 1. The molecule has 1 unspecified atom stereocenters. The molecule has 0 aliphatic rings. The van der Waals surface area contributed by atoms with Crippen molar-refractivity contribution in [3.63, 3.8) is 0 Å². The molecule has 0 radical (unpaired) electrons. The van der Waals surface area contributed by atoms with Gasteiger partial charge in [0.1, 0.15) is 11.8 Å². The standard InChI is InChI=1S/C12H15NO4/c1-7(14)8-3-4-11(17-2)9(5-8)6-10(13)12(15)16/h3-5,10H,6,13H2,1-2H3,(H,15,16). The van der Waals surface area contributed by atoms with Gasteiger partial charge in [-0.2, -0.15) is 0 Å². The first kappa shape index (κ1) is 13.2. The topological polar surface area (TPSA) is 89.6 Å². The zero-order valence-corrected chi connectivity index (χ0v) is 9.77. The summed E-state index contributed by atoms with van der Waals surface area (Å²) in [7, 11) is 1.48. The highest BCUT2D eigenvalue weighted by atomic mass is 16.5. The second-order valence-electron chi connectivity index (χ2n) is 3.73. The van der Waals surface area contributed by atoms with Gasteiger partial charge in [-0.3, -0.25) is 9.59 Å². The maximum Gasteiger partial charge on any atom is 0.320 e. The van der Waals surface area contributed by atoms with Crippen molar-refractivity contribution in [2.75, 3.05) is 7.11 Å². The maximum absolute atomic E-state index is 11.2. The molecule has 0 saturated carbocycles. The Morgan fingerprint density at radius 3 is 2.59 bits per heavy atom. The summed E-state index contributed by atoms with van der Waals surface area (Å²) in [6, 6.07) is 3.88. The van der Waals surface area contributed by atoms with E-state index in [0.717, 1.165) is 0 Å². The van der Waals surface area contributed by atoms with Gasteiger partial charge in [-0.1, -0.05) is 0 Å². The minimum atomic E-state index is -1.08. The third-order valence-electron chi connectivity index (χ3n) is 2.44. The lowest BCUT2D eigenvalue weighted by atomic mass is 10.0. The summed E-state index contributed by atoms with van der Waals surface area (Å²) in [4.78, 5) is 21.9. The quantitative estimate of drug-likeness (QED) is 0.741. The van der Waals surface area contributed by atoms with Crippen molar-refractivity contribution in [1.29, 1.82) is 0 Å². The van der Waals surface area contributed by atoms with E-state index in [4.69, 9.17) is 15.6 Å². The predicted octanol–water partition coefficient (Wildman–Crippen LogP) is 0.852. The number of ketones is 1. The van der Waals surface area contributed by atoms with E-state index in [-0.39, 0.29) is 12.2 Å². The first-order valence-electron chi connectivity index (χ1n) is 5.12. The predicted molar refractivity (Wildman–Crippen MR) is 62.3 cm³/mol. The third kappa shape index (κ3) is 3.29. The Kier molecular flexibility index (Phi) is 4.23. The van der Waals surface area contributed by atoms with Crippen LogP contribution in [0.3, 0.4) is 0 Å². The number of nitrogens with two attached hydrogens (primary N) is 1. The zero-order chi connectivity index (χ0) is 13.0. The van der Waals surface area contributed by atoms with Crippen molar-refractivity contribution in [2.45, 2.75) is 19.4 Å². The summed E-state index contributed by atoms with van der Waals surface area (Å²) in [6.07, 6.45) is 0.125. The Hall–Kier alpha value is -1.88. The van der Waals surface area contributed by atoms with Gasteiger partial charge in [-0.15, -0.1) is 0 Å². The average molecular weight is 237 g/mol. The van der Waals surface area contributed by atoms with Gasteiger partial charge in [0.15, 0.2) is 5.78 Å². The molecule has 0 spiro atoms. The van der Waals surface area contributed by atoms with Crippen LogP contribution in [0.15, 0.2) is 18.2 Å². The van der Waals surface area contributed by atoms with E-state index in [9.17, 15) is 9.59 Å². The van der Waals surface area contributed by atoms with Gasteiger partial charge in [-0.05, 0) is 30.7 Å². The summed E-state index contributed by atoms with van der Waals surface area (Å²) < 4.78 is 5.10. The Bertz CT molecular complexity index is 442. The fourth-order valence-corrected chi connectivity index (χ4v) is 1.48. The number of hydrogen-bond acceptors (Lipinski definition) is 4. The number of methoxy groups -OCH3 is 1. The first-order chi connectivity index (χ1) is 7.95. The fourth-order valence-electron chi connectivity index (χ4n) is 1.48. The molecule has 1 aromatic rings. The molecule has 1 atom stereocenters. The van der Waals surface area contributed by atoms with E-state index in [1.165, 1.54) is 14.0 Å². The molecule has 92 valence electrons. The largest absolute Gasteiger partial charge is 0.496 e. The highest BCUT2D eigenvalue weighted by Gasteiger charge is 2.16. The number of carboxylic acid groups (broad SMARTS) is 1. The van der Waals surface area contributed by atoms with E-state index < -0.39 is 12.0 Å². The summed E-state index contributed by atoms with van der Waals surface area (Å²) in [5.74, 6) is -0.634. The molecule has 0 fully saturated rings. The number of aliphatic carboxylic acids is 1. The Morgan fingerprint density at radius 2 is 2.12 bits per heavy atom. The lowest BCUT2D eigenvalue weighted by Crippen LogP contribution is -2.32. The molecule has 5 nitrogen and oxygen atoms in total. The number of hydrogen-bond donors (Lipinski definition) is 2. The van der Waals surface area contributed by atoms with Crippen molar-refractivity contribution in [3.8, 4) is 5.75 Å². The van der Waals surface area contributed by atoms with E-state index >= 15 is 0 Å². The molecule has 0 aliphatic heterocycles. The molecule has 0 amide bonds. The highest BCUT2D eigenvalue weighted by molar-refractivity contribution is 5.94. The second-order valence-corrected chi connectivity index (χ2v) is 3.73. The van der Waals surface area contributed by atoms with Gasteiger partial charge >= 0.3 is 5.97 Å². The average Bonchev–Trinajstić information content (AvgIpc) is 2.28. The van der Waals surface area contributed by atoms with E-state index in [1.807, 2.05) is 0 Å². The van der Waals surface area contributed by atoms with Crippen LogP contribution in [0.1, 0.15) is 22.8 Å². The van der Waals surface area contributed by atoms with Gasteiger partial charge in [0.2, 0.25) is 0 Å². The molecule has 5 heteroatoms. The Morgan fingerprint density at radius 1 is 1.47 bits per heavy atom. The smallest absolute Gasteiger partial charge is 0.320 e. The lowest BCUT2D eigenvalue weighted by Gasteiger charge is -2.12. The fraction of sp³-hybridized carbons (Fsp3) is 0.333. The molecule has 0 saturated heterocycles. The lowest BCUT2D eigenvalue weighted by molar-refractivity contribution is -0.138. The number of carboxylic acids is 1. The molecule has 0 bridgehead atoms. The van der Waals surface area contributed by atoms with Gasteiger partial charge in [0, 0.05) is 12.0 Å². The molecule has 0 aliphatic carbocycles. The van der Waals surface area contributed by atoms with Gasteiger partial charge in [0.05, 0.1) is 7.11 Å². The number of ether oxygens (including phenoxy) is 1. The second kappa shape index (κ2) is 5.45. The van der Waals surface area contributed by atoms with Crippen LogP contribution in [0.25, 0.3) is 0 Å². The van der Waals surface area contributed by atoms with Crippen molar-refractivity contribution < 1.29 is 19.4 Å². The van der Waals surface area contributed by atoms with Crippen molar-refractivity contribution in [3.05, 3.63) is 29.3 Å². The van der Waals surface area contributed by atoms with Crippen molar-refractivity contribution in [1.82, 2.24) is 0 Å². The molecule has 1 aromatic carbocycles. The SMILES string of the molecule is COc1ccc(C(C)=O)cc1CC(N)C(=O)O. The number of carbonyl (C=O) groups excluding carboxylic acids is 1. The van der Waals surface area contributed by atoms with Gasteiger partial charge < -0.3 is 15.6 Å². The van der Waals surface area contributed by atoms with Crippen LogP contribution in [-0.4, -0.2) is 30.0 Å². The summed E-state index contributed by atoms with van der Waals surface area (Å²) in [5, 5.41) is 8.75. The minimum absolute atomic E-state index is 0.0854. The van der Waals surface area contributed by atoms with Gasteiger partial charge in [0.25, 0.3) is 0 Å². The monoisotopic (exact) mass is 237 g/mol. The summed E-state index contributed by atoms with van der Waals surface area (Å²) in [5.41, 5.74) is 6.59. The molecular formula is C12H15NO4. The third-order valence-corrected chi connectivity index (χ3v) is 2.44. The number of benzene rings is 1.